The van der Waals surface area contributed by atoms with Gasteiger partial charge in [0.1, 0.15) is 23.7 Å². The number of likely N-dealkylation sites (N-methyl/N-ethyl adjacent to an activating group) is 1. The van der Waals surface area contributed by atoms with E-state index in [1.807, 2.05) is 46.7 Å². The minimum absolute atomic E-state index is 0.0996. The molecule has 0 aromatic heterocycles. The van der Waals surface area contributed by atoms with Gasteiger partial charge >= 0.3 is 5.97 Å². The van der Waals surface area contributed by atoms with Gasteiger partial charge in [-0.2, -0.15) is 0 Å². The van der Waals surface area contributed by atoms with Crippen LogP contribution in [0, 0.1) is 17.8 Å². The van der Waals surface area contributed by atoms with Crippen molar-refractivity contribution in [3.05, 3.63) is 0 Å². The van der Waals surface area contributed by atoms with Crippen LogP contribution in [0.3, 0.4) is 0 Å². The number of nitrogens with one attached hydrogen (secondary N) is 2. The fraction of sp³-hybridized carbons (Fsp3) is 0.935. The molecule has 11 heteroatoms. The Kier molecular flexibility index (Phi) is 12.0. The third kappa shape index (κ3) is 7.72. The smallest absolute Gasteiger partial charge is 0.316 e. The predicted octanol–water partition coefficient (Wildman–Crippen LogP) is 1.48. The minimum Gasteiger partial charge on any atom is -0.459 e. The molecule has 13 atom stereocenters. The molecule has 3 fully saturated rings. The first kappa shape index (κ1) is 35.3. The zero-order chi connectivity index (χ0) is 31.6. The SMILES string of the molecule is CC[C@H]1OC(=O)[C@H](C)C(=O)[C@H](C)[C@@H](OC2OC(C)CC(N(C)C)C2O)[C@@]2(C)C[C@@H](C)CN[C@H](C)[C@@H](NCCO2)[C@]1(C)O. The number of fused-ring (bicyclic) bond motifs is 5. The summed E-state index contributed by atoms with van der Waals surface area (Å²) in [6.07, 6.45) is -2.23. The number of esters is 1. The molecule has 0 aliphatic carbocycles. The first-order valence-corrected chi connectivity index (χ1v) is 15.8. The summed E-state index contributed by atoms with van der Waals surface area (Å²) in [7, 11) is 3.82. The van der Waals surface area contributed by atoms with Crippen LogP contribution in [0.25, 0.3) is 0 Å². The Morgan fingerprint density at radius 2 is 1.76 bits per heavy atom. The summed E-state index contributed by atoms with van der Waals surface area (Å²) in [5.41, 5.74) is -2.39. The topological polar surface area (TPSA) is 139 Å². The molecule has 0 radical (unpaired) electrons. The molecular formula is C31H57N3O8. The molecule has 2 bridgehead atoms. The number of rotatable bonds is 4. The molecule has 42 heavy (non-hydrogen) atoms. The van der Waals surface area contributed by atoms with Crippen LogP contribution in [0.4, 0.5) is 0 Å². The lowest BCUT2D eigenvalue weighted by Gasteiger charge is -2.47. The van der Waals surface area contributed by atoms with Gasteiger partial charge in [0, 0.05) is 24.5 Å². The highest BCUT2D eigenvalue weighted by Crippen LogP contribution is 2.37. The van der Waals surface area contributed by atoms with Gasteiger partial charge in [-0.3, -0.25) is 9.59 Å². The van der Waals surface area contributed by atoms with E-state index < -0.39 is 59.7 Å². The second-order valence-electron chi connectivity index (χ2n) is 13.7. The van der Waals surface area contributed by atoms with Crippen molar-refractivity contribution in [3.63, 3.8) is 0 Å². The van der Waals surface area contributed by atoms with Crippen molar-refractivity contribution in [2.45, 2.75) is 135 Å². The summed E-state index contributed by atoms with van der Waals surface area (Å²) < 4.78 is 25.3. The number of aliphatic hydroxyl groups is 2. The summed E-state index contributed by atoms with van der Waals surface area (Å²) in [6.45, 7) is 16.2. The van der Waals surface area contributed by atoms with Crippen LogP contribution in [-0.4, -0.2) is 121 Å². The van der Waals surface area contributed by atoms with Crippen LogP contribution in [0.1, 0.15) is 74.7 Å². The van der Waals surface area contributed by atoms with Gasteiger partial charge < -0.3 is 44.7 Å². The number of ether oxygens (including phenoxy) is 4. The fourth-order valence-electron chi connectivity index (χ4n) is 7.22. The Morgan fingerprint density at radius 3 is 2.38 bits per heavy atom. The van der Waals surface area contributed by atoms with Crippen molar-refractivity contribution in [2.75, 3.05) is 33.8 Å². The molecule has 3 aliphatic heterocycles. The highest BCUT2D eigenvalue weighted by molar-refractivity contribution is 6.00. The number of Topliss-reactive ketones (excluding diaryl/α,β-unsaturated/α-hetero) is 1. The summed E-state index contributed by atoms with van der Waals surface area (Å²) in [6, 6.07) is -0.821. The summed E-state index contributed by atoms with van der Waals surface area (Å²) >= 11 is 0. The summed E-state index contributed by atoms with van der Waals surface area (Å²) in [5, 5.41) is 30.1. The van der Waals surface area contributed by atoms with Crippen molar-refractivity contribution < 1.29 is 38.7 Å². The maximum Gasteiger partial charge on any atom is 0.316 e. The normalized spacial score (nSPS) is 46.8. The first-order valence-electron chi connectivity index (χ1n) is 15.8. The van der Waals surface area contributed by atoms with Crippen LogP contribution in [-0.2, 0) is 28.5 Å². The van der Waals surface area contributed by atoms with Gasteiger partial charge in [-0.1, -0.05) is 20.8 Å². The van der Waals surface area contributed by atoms with Gasteiger partial charge in [0.25, 0.3) is 0 Å². The highest BCUT2D eigenvalue weighted by Gasteiger charge is 2.51. The molecule has 3 aliphatic rings. The zero-order valence-corrected chi connectivity index (χ0v) is 27.4. The average molecular weight is 600 g/mol. The third-order valence-electron chi connectivity index (χ3n) is 9.69. The lowest BCUT2D eigenvalue weighted by Crippen LogP contribution is -2.64. The van der Waals surface area contributed by atoms with E-state index >= 15 is 0 Å². The molecule has 0 aromatic carbocycles. The van der Waals surface area contributed by atoms with E-state index in [4.69, 9.17) is 18.9 Å². The number of aliphatic hydroxyl groups excluding tert-OH is 1. The number of ketones is 1. The molecule has 0 amide bonds. The standard InChI is InChI=1S/C31H57N3O8/c1-11-23-31(8,38)26-21(6)33-16-17(2)15-30(7,39-13-12-32-26)27(19(4)24(35)20(5)28(37)41-23)42-29-25(36)22(34(9)10)14-18(3)40-29/h17-23,25-27,29,32-33,36,38H,11-16H2,1-10H3/t17-,18?,19+,20-,21-,22?,23-,25?,26-,27-,29?,30-,31-/m1/s1. The van der Waals surface area contributed by atoms with Gasteiger partial charge in [0.05, 0.1) is 30.5 Å². The number of cyclic esters (lactones) is 1. The van der Waals surface area contributed by atoms with Crippen LogP contribution in [0.5, 0.6) is 0 Å². The lowest BCUT2D eigenvalue weighted by molar-refractivity contribution is -0.297. The Morgan fingerprint density at radius 1 is 1.10 bits per heavy atom. The molecule has 3 rings (SSSR count). The Hall–Kier alpha value is -1.18. The Balaban J connectivity index is 2.10. The molecule has 0 aromatic rings. The molecule has 4 unspecified atom stereocenters. The van der Waals surface area contributed by atoms with Gasteiger partial charge in [0.15, 0.2) is 12.1 Å². The first-order chi connectivity index (χ1) is 19.5. The Bertz CT molecular complexity index is 919. The van der Waals surface area contributed by atoms with Crippen LogP contribution < -0.4 is 10.6 Å². The molecule has 0 spiro atoms. The maximum absolute atomic E-state index is 14.0. The fourth-order valence-corrected chi connectivity index (χ4v) is 7.22. The summed E-state index contributed by atoms with van der Waals surface area (Å²) in [4.78, 5) is 29.4. The van der Waals surface area contributed by atoms with E-state index in [1.165, 1.54) is 0 Å². The van der Waals surface area contributed by atoms with Gasteiger partial charge in [-0.15, -0.1) is 0 Å². The van der Waals surface area contributed by atoms with Crippen molar-refractivity contribution >= 4 is 11.8 Å². The van der Waals surface area contributed by atoms with Crippen LogP contribution >= 0.6 is 0 Å². The number of nitrogens with zero attached hydrogens (tertiary/aromatic N) is 1. The molecule has 3 heterocycles. The Labute approximate surface area is 252 Å². The van der Waals surface area contributed by atoms with E-state index in [0.717, 1.165) is 0 Å². The number of hydrogen-bond acceptors (Lipinski definition) is 11. The largest absolute Gasteiger partial charge is 0.459 e. The molecule has 244 valence electrons. The predicted molar refractivity (Wildman–Crippen MR) is 159 cm³/mol. The third-order valence-corrected chi connectivity index (χ3v) is 9.69. The van der Waals surface area contributed by atoms with E-state index in [2.05, 4.69) is 17.6 Å². The molecule has 3 saturated heterocycles. The summed E-state index contributed by atoms with van der Waals surface area (Å²) in [5.74, 6) is -2.83. The zero-order valence-electron chi connectivity index (χ0n) is 27.4. The van der Waals surface area contributed by atoms with Crippen molar-refractivity contribution in [2.24, 2.45) is 17.8 Å². The van der Waals surface area contributed by atoms with E-state index in [9.17, 15) is 19.8 Å². The van der Waals surface area contributed by atoms with E-state index in [1.54, 1.807) is 20.8 Å². The monoisotopic (exact) mass is 599 g/mol. The number of carbonyl (C=O) groups excluding carboxylic acids is 2. The van der Waals surface area contributed by atoms with Gasteiger partial charge in [0.2, 0.25) is 0 Å². The molecule has 11 nitrogen and oxygen atoms in total. The molecular weight excluding hydrogens is 542 g/mol. The van der Waals surface area contributed by atoms with E-state index in [0.29, 0.717) is 39.0 Å². The van der Waals surface area contributed by atoms with Crippen molar-refractivity contribution in [3.8, 4) is 0 Å². The quantitative estimate of drug-likeness (QED) is 0.276. The number of carbonyl (C=O) groups is 2. The van der Waals surface area contributed by atoms with Crippen LogP contribution in [0.2, 0.25) is 0 Å². The van der Waals surface area contributed by atoms with Crippen molar-refractivity contribution in [1.82, 2.24) is 15.5 Å². The average Bonchev–Trinajstić information content (AvgIpc) is 2.94. The van der Waals surface area contributed by atoms with Crippen molar-refractivity contribution in [1.29, 1.82) is 0 Å². The highest BCUT2D eigenvalue weighted by atomic mass is 16.7. The second-order valence-corrected chi connectivity index (χ2v) is 13.7. The van der Waals surface area contributed by atoms with E-state index in [-0.39, 0.29) is 29.9 Å². The van der Waals surface area contributed by atoms with Gasteiger partial charge in [-0.05, 0) is 80.4 Å². The number of hydrogen-bond donors (Lipinski definition) is 4. The molecule has 4 N–H and O–H groups in total. The van der Waals surface area contributed by atoms with Gasteiger partial charge in [-0.25, -0.2) is 0 Å². The maximum atomic E-state index is 14.0. The minimum atomic E-state index is -1.42. The molecule has 0 saturated carbocycles. The second kappa shape index (κ2) is 14.3. The van der Waals surface area contributed by atoms with Crippen LogP contribution in [0.15, 0.2) is 0 Å². The lowest BCUT2D eigenvalue weighted by atomic mass is 9.78.